The molecule has 0 radical (unpaired) electrons. The van der Waals surface area contributed by atoms with Crippen molar-refractivity contribution < 1.29 is 5.11 Å². The Morgan fingerprint density at radius 3 is 2.68 bits per heavy atom. The van der Waals surface area contributed by atoms with Crippen molar-refractivity contribution in [1.82, 2.24) is 19.8 Å². The van der Waals surface area contributed by atoms with Crippen LogP contribution in [0, 0.1) is 5.92 Å². The summed E-state index contributed by atoms with van der Waals surface area (Å²) in [6, 6.07) is 3.91. The Kier molecular flexibility index (Phi) is 2.89. The smallest absolute Gasteiger partial charge is 0.177 e. The highest BCUT2D eigenvalue weighted by molar-refractivity contribution is 5.45. The lowest BCUT2D eigenvalue weighted by atomic mass is 9.83. The molecule has 2 aromatic rings. The normalized spacial score (nSPS) is 18.2. The van der Waals surface area contributed by atoms with Crippen LogP contribution in [-0.4, -0.2) is 43.6 Å². The van der Waals surface area contributed by atoms with Crippen molar-refractivity contribution >= 4 is 11.5 Å². The number of aliphatic hydroxyl groups is 1. The van der Waals surface area contributed by atoms with Crippen molar-refractivity contribution in [3.8, 4) is 0 Å². The fourth-order valence-corrected chi connectivity index (χ4v) is 2.70. The zero-order valence-electron chi connectivity index (χ0n) is 11.3. The Bertz CT molecular complexity index is 566. The van der Waals surface area contributed by atoms with Crippen molar-refractivity contribution in [2.45, 2.75) is 32.3 Å². The second kappa shape index (κ2) is 4.45. The van der Waals surface area contributed by atoms with E-state index in [4.69, 9.17) is 0 Å². The fourth-order valence-electron chi connectivity index (χ4n) is 2.70. The minimum Gasteiger partial charge on any atom is -0.390 e. The Labute approximate surface area is 112 Å². The first-order valence-electron chi connectivity index (χ1n) is 6.68. The molecule has 1 aliphatic heterocycles. The second-order valence-electron chi connectivity index (χ2n) is 5.74. The highest BCUT2D eigenvalue weighted by Gasteiger charge is 2.30. The lowest BCUT2D eigenvalue weighted by molar-refractivity contribution is 0.00645. The van der Waals surface area contributed by atoms with Crippen molar-refractivity contribution in [3.63, 3.8) is 0 Å². The molecule has 0 bridgehead atoms. The third-order valence-electron chi connectivity index (χ3n) is 3.97. The quantitative estimate of drug-likeness (QED) is 0.877. The first kappa shape index (κ1) is 12.3. The number of nitrogens with zero attached hydrogens (tertiary/aromatic N) is 5. The van der Waals surface area contributed by atoms with Gasteiger partial charge >= 0.3 is 0 Å². The number of hydrogen-bond acceptors (Lipinski definition) is 5. The molecule has 1 N–H and O–H groups in total. The summed E-state index contributed by atoms with van der Waals surface area (Å²) in [4.78, 5) is 2.25. The standard InChI is InChI=1S/C13H19N5O/c1-13(2,19)10-5-7-17(8-6-10)12-4-3-11-15-14-9-18(11)16-12/h3-4,9-10,19H,5-8H2,1-2H3. The van der Waals surface area contributed by atoms with Gasteiger partial charge in [-0.25, -0.2) is 0 Å². The topological polar surface area (TPSA) is 66.5 Å². The average Bonchev–Trinajstić information content (AvgIpc) is 2.85. The van der Waals surface area contributed by atoms with Crippen molar-refractivity contribution in [2.75, 3.05) is 18.0 Å². The van der Waals surface area contributed by atoms with Crippen LogP contribution in [0.4, 0.5) is 5.82 Å². The van der Waals surface area contributed by atoms with Crippen molar-refractivity contribution in [3.05, 3.63) is 18.5 Å². The summed E-state index contributed by atoms with van der Waals surface area (Å²) < 4.78 is 1.69. The van der Waals surface area contributed by atoms with E-state index >= 15 is 0 Å². The van der Waals surface area contributed by atoms with Gasteiger partial charge in [0.05, 0.1) is 5.60 Å². The molecule has 3 rings (SSSR count). The number of rotatable bonds is 2. The Hall–Kier alpha value is -1.69. The van der Waals surface area contributed by atoms with E-state index in [-0.39, 0.29) is 0 Å². The van der Waals surface area contributed by atoms with Gasteiger partial charge in [0.2, 0.25) is 0 Å². The molecular formula is C13H19N5O. The van der Waals surface area contributed by atoms with Gasteiger partial charge in [0.15, 0.2) is 5.65 Å². The van der Waals surface area contributed by atoms with Gasteiger partial charge in [-0.2, -0.15) is 4.52 Å². The maximum atomic E-state index is 10.1. The molecule has 1 aliphatic rings. The van der Waals surface area contributed by atoms with Crippen LogP contribution in [0.15, 0.2) is 18.5 Å². The van der Waals surface area contributed by atoms with Crippen LogP contribution in [0.1, 0.15) is 26.7 Å². The molecule has 0 amide bonds. The van der Waals surface area contributed by atoms with Gasteiger partial charge in [-0.05, 0) is 44.7 Å². The van der Waals surface area contributed by atoms with Crippen LogP contribution in [0.3, 0.4) is 0 Å². The molecule has 2 aromatic heterocycles. The largest absolute Gasteiger partial charge is 0.390 e. The molecule has 19 heavy (non-hydrogen) atoms. The molecule has 0 spiro atoms. The van der Waals surface area contributed by atoms with Crippen LogP contribution in [-0.2, 0) is 0 Å². The molecular weight excluding hydrogens is 242 g/mol. The van der Waals surface area contributed by atoms with Gasteiger partial charge in [0.25, 0.3) is 0 Å². The van der Waals surface area contributed by atoms with Crippen LogP contribution in [0.2, 0.25) is 0 Å². The number of fused-ring (bicyclic) bond motifs is 1. The maximum absolute atomic E-state index is 10.1. The van der Waals surface area contributed by atoms with Gasteiger partial charge in [-0.15, -0.1) is 15.3 Å². The third kappa shape index (κ3) is 2.40. The molecule has 1 fully saturated rings. The first-order chi connectivity index (χ1) is 9.04. The van der Waals surface area contributed by atoms with Crippen LogP contribution >= 0.6 is 0 Å². The second-order valence-corrected chi connectivity index (χ2v) is 5.74. The van der Waals surface area contributed by atoms with E-state index in [1.165, 1.54) is 0 Å². The van der Waals surface area contributed by atoms with Gasteiger partial charge in [0, 0.05) is 13.1 Å². The summed E-state index contributed by atoms with van der Waals surface area (Å²) in [5.41, 5.74) is 0.174. The summed E-state index contributed by atoms with van der Waals surface area (Å²) in [5.74, 6) is 1.31. The summed E-state index contributed by atoms with van der Waals surface area (Å²) in [7, 11) is 0. The highest BCUT2D eigenvalue weighted by atomic mass is 16.3. The van der Waals surface area contributed by atoms with Crippen molar-refractivity contribution in [2.24, 2.45) is 5.92 Å². The van der Waals surface area contributed by atoms with E-state index in [0.29, 0.717) is 5.92 Å². The molecule has 0 atom stereocenters. The highest BCUT2D eigenvalue weighted by Crippen LogP contribution is 2.29. The van der Waals surface area contributed by atoms with E-state index in [1.807, 2.05) is 26.0 Å². The molecule has 0 unspecified atom stereocenters. The van der Waals surface area contributed by atoms with Gasteiger partial charge < -0.3 is 10.0 Å². The summed E-state index contributed by atoms with van der Waals surface area (Å²) in [5, 5.41) is 22.3. The SMILES string of the molecule is CC(C)(O)C1CCN(c2ccc3nncn3n2)CC1. The van der Waals surface area contributed by atoms with Gasteiger partial charge in [-0.3, -0.25) is 0 Å². The molecule has 6 nitrogen and oxygen atoms in total. The predicted octanol–water partition coefficient (Wildman–Crippen LogP) is 1.11. The fraction of sp³-hybridized carbons (Fsp3) is 0.615. The van der Waals surface area contributed by atoms with Gasteiger partial charge in [-0.1, -0.05) is 0 Å². The van der Waals surface area contributed by atoms with E-state index < -0.39 is 5.60 Å². The average molecular weight is 261 g/mol. The maximum Gasteiger partial charge on any atom is 0.177 e. The Morgan fingerprint density at radius 1 is 1.26 bits per heavy atom. The van der Waals surface area contributed by atoms with E-state index in [9.17, 15) is 5.11 Å². The zero-order chi connectivity index (χ0) is 13.5. The minimum absolute atomic E-state index is 0.363. The molecule has 0 saturated carbocycles. The van der Waals surface area contributed by atoms with Crippen molar-refractivity contribution in [1.29, 1.82) is 0 Å². The monoisotopic (exact) mass is 261 g/mol. The summed E-state index contributed by atoms with van der Waals surface area (Å²) >= 11 is 0. The lowest BCUT2D eigenvalue weighted by Crippen LogP contribution is -2.42. The third-order valence-corrected chi connectivity index (χ3v) is 3.97. The number of piperidine rings is 1. The zero-order valence-corrected chi connectivity index (χ0v) is 11.3. The molecule has 0 aromatic carbocycles. The molecule has 3 heterocycles. The van der Waals surface area contributed by atoms with Crippen LogP contribution < -0.4 is 4.90 Å². The minimum atomic E-state index is -0.586. The number of hydrogen-bond donors (Lipinski definition) is 1. The van der Waals surface area contributed by atoms with Gasteiger partial charge in [0.1, 0.15) is 12.1 Å². The molecule has 6 heteroatoms. The molecule has 102 valence electrons. The van der Waals surface area contributed by atoms with E-state index in [0.717, 1.165) is 37.4 Å². The predicted molar refractivity (Wildman–Crippen MR) is 72.0 cm³/mol. The summed E-state index contributed by atoms with van der Waals surface area (Å²) in [6.45, 7) is 5.65. The Balaban J connectivity index is 1.74. The van der Waals surface area contributed by atoms with E-state index in [2.05, 4.69) is 20.2 Å². The first-order valence-corrected chi connectivity index (χ1v) is 6.68. The lowest BCUT2D eigenvalue weighted by Gasteiger charge is -2.38. The van der Waals surface area contributed by atoms with E-state index in [1.54, 1.807) is 10.8 Å². The number of anilines is 1. The van der Waals surface area contributed by atoms with Crippen LogP contribution in [0.5, 0.6) is 0 Å². The molecule has 0 aliphatic carbocycles. The van der Waals surface area contributed by atoms with Crippen LogP contribution in [0.25, 0.3) is 5.65 Å². The number of aromatic nitrogens is 4. The molecule has 1 saturated heterocycles. The Morgan fingerprint density at radius 2 is 2.00 bits per heavy atom. The summed E-state index contributed by atoms with van der Waals surface area (Å²) in [6.07, 6.45) is 3.60.